The van der Waals surface area contributed by atoms with Crippen LogP contribution in [-0.2, 0) is 32.7 Å². The van der Waals surface area contributed by atoms with Crippen LogP contribution in [0.2, 0.25) is 0 Å². The van der Waals surface area contributed by atoms with Gasteiger partial charge in [0.1, 0.15) is 6.67 Å². The molecule has 0 N–H and O–H groups in total. The van der Waals surface area contributed by atoms with Crippen LogP contribution in [0.4, 0.5) is 0 Å². The van der Waals surface area contributed by atoms with Crippen molar-refractivity contribution in [2.24, 2.45) is 9.98 Å². The van der Waals surface area contributed by atoms with Gasteiger partial charge in [0.05, 0.1) is 0 Å². The van der Waals surface area contributed by atoms with E-state index in [4.69, 9.17) is 0 Å². The first-order valence-electron chi connectivity index (χ1n) is 3.66. The standard InChI is InChI=1S/C9H9N2.Y/c1-6-3-4-8-9(7(6)2)11-5-10-8;/h4H,5H2,1-2H3;/q-1;. The summed E-state index contributed by atoms with van der Waals surface area (Å²) in [4.78, 5) is 8.48. The zero-order valence-electron chi connectivity index (χ0n) is 7.26. The fraction of sp³-hybridized carbons (Fsp3) is 0.333. The van der Waals surface area contributed by atoms with Gasteiger partial charge in [0.15, 0.2) is 0 Å². The minimum Gasteiger partial charge on any atom is -0.325 e. The molecule has 1 aliphatic heterocycles. The molecule has 1 radical (unpaired) electrons. The molecule has 0 fully saturated rings. The molecule has 0 spiro atoms. The van der Waals surface area contributed by atoms with Crippen molar-refractivity contribution in [1.29, 1.82) is 0 Å². The largest absolute Gasteiger partial charge is 0.325 e. The summed E-state index contributed by atoms with van der Waals surface area (Å²) >= 11 is 0. The zero-order chi connectivity index (χ0) is 7.84. The molecule has 1 aromatic carbocycles. The number of aryl methyl sites for hydroxylation is 1. The second-order valence-corrected chi connectivity index (χ2v) is 2.73. The third-order valence-electron chi connectivity index (χ3n) is 2.06. The Balaban J connectivity index is 0.000000720. The third-order valence-corrected chi connectivity index (χ3v) is 2.06. The second kappa shape index (κ2) is 3.76. The molecule has 0 unspecified atom stereocenters. The van der Waals surface area contributed by atoms with Gasteiger partial charge in [-0.25, -0.2) is 0 Å². The minimum absolute atomic E-state index is 0. The van der Waals surface area contributed by atoms with Crippen molar-refractivity contribution in [3.05, 3.63) is 34.0 Å². The maximum absolute atomic E-state index is 4.27. The number of hydrogen-bond acceptors (Lipinski definition) is 2. The Bertz CT molecular complexity index is 409. The minimum atomic E-state index is 0. The molecule has 12 heavy (non-hydrogen) atoms. The summed E-state index contributed by atoms with van der Waals surface area (Å²) in [6, 6.07) is 5.06. The van der Waals surface area contributed by atoms with Crippen LogP contribution in [0.1, 0.15) is 11.1 Å². The monoisotopic (exact) mass is 234 g/mol. The summed E-state index contributed by atoms with van der Waals surface area (Å²) in [5.74, 6) is 0. The van der Waals surface area contributed by atoms with Crippen LogP contribution in [0.3, 0.4) is 0 Å². The molecular weight excluding hydrogens is 225 g/mol. The molecule has 0 saturated carbocycles. The third kappa shape index (κ3) is 1.50. The van der Waals surface area contributed by atoms with E-state index in [0.29, 0.717) is 6.67 Å². The number of fused-ring (bicyclic) bond motifs is 1. The van der Waals surface area contributed by atoms with E-state index < -0.39 is 0 Å². The topological polar surface area (TPSA) is 24.7 Å². The molecule has 0 bridgehead atoms. The number of nitrogens with zero attached hydrogens (tertiary/aromatic N) is 2. The van der Waals surface area contributed by atoms with E-state index in [2.05, 4.69) is 23.0 Å². The molecular formula is C9H9N2Y-. The molecule has 1 aliphatic rings. The number of hydrogen-bond donors (Lipinski definition) is 0. The number of benzene rings is 1. The van der Waals surface area contributed by atoms with Crippen molar-refractivity contribution >= 4 is 0 Å². The maximum Gasteiger partial charge on any atom is 0.115 e. The summed E-state index contributed by atoms with van der Waals surface area (Å²) in [6.45, 7) is 4.70. The molecule has 0 aromatic heterocycles. The first kappa shape index (κ1) is 10.0. The van der Waals surface area contributed by atoms with E-state index in [1.165, 1.54) is 11.1 Å². The van der Waals surface area contributed by atoms with Gasteiger partial charge in [-0.1, -0.05) is 13.8 Å². The predicted octanol–water partition coefficient (Wildman–Crippen LogP) is 0.311. The van der Waals surface area contributed by atoms with Gasteiger partial charge in [0, 0.05) is 32.7 Å². The van der Waals surface area contributed by atoms with E-state index in [9.17, 15) is 0 Å². The maximum atomic E-state index is 4.27. The fourth-order valence-corrected chi connectivity index (χ4v) is 1.23. The Morgan fingerprint density at radius 3 is 2.83 bits per heavy atom. The Kier molecular flexibility index (Phi) is 3.13. The summed E-state index contributed by atoms with van der Waals surface area (Å²) < 4.78 is 0. The van der Waals surface area contributed by atoms with E-state index in [1.807, 2.05) is 13.0 Å². The van der Waals surface area contributed by atoms with Crippen molar-refractivity contribution in [3.8, 4) is 0 Å². The molecule has 3 heteroatoms. The van der Waals surface area contributed by atoms with Gasteiger partial charge < -0.3 is 4.99 Å². The molecule has 59 valence electrons. The van der Waals surface area contributed by atoms with Crippen LogP contribution < -0.4 is 10.7 Å². The summed E-state index contributed by atoms with van der Waals surface area (Å²) in [5.41, 5.74) is 2.38. The average molecular weight is 234 g/mol. The Hall–Kier alpha value is -0.0761. The van der Waals surface area contributed by atoms with Crippen molar-refractivity contribution in [1.82, 2.24) is 0 Å². The predicted molar refractivity (Wildman–Crippen MR) is 41.9 cm³/mol. The smallest absolute Gasteiger partial charge is 0.115 e. The van der Waals surface area contributed by atoms with Crippen molar-refractivity contribution in [2.45, 2.75) is 13.8 Å². The van der Waals surface area contributed by atoms with Gasteiger partial charge in [-0.3, -0.25) is 4.99 Å². The molecule has 2 nitrogen and oxygen atoms in total. The summed E-state index contributed by atoms with van der Waals surface area (Å²) in [6.07, 6.45) is 0. The molecule has 0 saturated heterocycles. The SMILES string of the molecule is Cc1[c-]cc2c(c1C)=NCN=2.[Y]. The van der Waals surface area contributed by atoms with Gasteiger partial charge in [-0.2, -0.15) is 11.6 Å². The normalized spacial score (nSPS) is 12.5. The van der Waals surface area contributed by atoms with Crippen molar-refractivity contribution in [2.75, 3.05) is 6.67 Å². The van der Waals surface area contributed by atoms with Gasteiger partial charge in [0.2, 0.25) is 0 Å². The van der Waals surface area contributed by atoms with Crippen molar-refractivity contribution < 1.29 is 32.7 Å². The fourth-order valence-electron chi connectivity index (χ4n) is 1.23. The van der Waals surface area contributed by atoms with E-state index in [1.54, 1.807) is 0 Å². The molecule has 0 atom stereocenters. The Labute approximate surface area is 96.7 Å². The first-order valence-corrected chi connectivity index (χ1v) is 3.66. The van der Waals surface area contributed by atoms with E-state index in [0.717, 1.165) is 10.7 Å². The van der Waals surface area contributed by atoms with Crippen LogP contribution >= 0.6 is 0 Å². The van der Waals surface area contributed by atoms with E-state index in [-0.39, 0.29) is 32.7 Å². The van der Waals surface area contributed by atoms with Gasteiger partial charge >= 0.3 is 0 Å². The zero-order valence-corrected chi connectivity index (χ0v) is 10.1. The molecule has 2 rings (SSSR count). The van der Waals surface area contributed by atoms with Crippen LogP contribution in [-0.4, -0.2) is 6.67 Å². The van der Waals surface area contributed by atoms with Gasteiger partial charge in [-0.05, 0) is 10.7 Å². The van der Waals surface area contributed by atoms with Crippen LogP contribution in [0, 0.1) is 19.9 Å². The van der Waals surface area contributed by atoms with Gasteiger partial charge in [-0.15, -0.1) is 11.6 Å². The molecule has 1 heterocycles. The Morgan fingerprint density at radius 1 is 1.33 bits per heavy atom. The van der Waals surface area contributed by atoms with Crippen LogP contribution in [0.25, 0.3) is 0 Å². The average Bonchev–Trinajstić information content (AvgIpc) is 2.45. The molecule has 1 aromatic rings. The van der Waals surface area contributed by atoms with Crippen molar-refractivity contribution in [3.63, 3.8) is 0 Å². The van der Waals surface area contributed by atoms with Gasteiger partial charge in [0.25, 0.3) is 0 Å². The quantitative estimate of drug-likeness (QED) is 0.577. The van der Waals surface area contributed by atoms with Crippen LogP contribution in [0.5, 0.6) is 0 Å². The Morgan fingerprint density at radius 2 is 2.08 bits per heavy atom. The summed E-state index contributed by atoms with van der Waals surface area (Å²) in [5, 5.41) is 2.05. The molecule has 0 amide bonds. The second-order valence-electron chi connectivity index (χ2n) is 2.73. The van der Waals surface area contributed by atoms with E-state index >= 15 is 0 Å². The first-order chi connectivity index (χ1) is 5.29. The summed E-state index contributed by atoms with van der Waals surface area (Å²) in [7, 11) is 0. The molecule has 0 aliphatic carbocycles. The van der Waals surface area contributed by atoms with Crippen LogP contribution in [0.15, 0.2) is 16.1 Å². The number of rotatable bonds is 0.